The van der Waals surface area contributed by atoms with Crippen molar-refractivity contribution in [2.75, 3.05) is 39.3 Å². The van der Waals surface area contributed by atoms with E-state index in [4.69, 9.17) is 0 Å². The minimum absolute atomic E-state index is 0.312. The Labute approximate surface area is 228 Å². The lowest BCUT2D eigenvalue weighted by atomic mass is 9.81. The van der Waals surface area contributed by atoms with Gasteiger partial charge in [-0.15, -0.1) is 0 Å². The van der Waals surface area contributed by atoms with Gasteiger partial charge in [-0.05, 0) is 76.6 Å². The Kier molecular flexibility index (Phi) is 8.20. The molecule has 2 aromatic carbocycles. The third-order valence-corrected chi connectivity index (χ3v) is 9.42. The first-order valence-corrected chi connectivity index (χ1v) is 14.6. The van der Waals surface area contributed by atoms with Gasteiger partial charge in [0.1, 0.15) is 0 Å². The molecule has 0 aromatic heterocycles. The number of nitrogens with zero attached hydrogens (tertiary/aromatic N) is 2. The van der Waals surface area contributed by atoms with Gasteiger partial charge in [-0.1, -0.05) is 60.7 Å². The predicted octanol–water partition coefficient (Wildman–Crippen LogP) is 3.86. The molecule has 38 heavy (non-hydrogen) atoms. The van der Waals surface area contributed by atoms with E-state index in [1.54, 1.807) is 0 Å². The van der Waals surface area contributed by atoms with Crippen LogP contribution >= 0.6 is 0 Å². The number of likely N-dealkylation sites (tertiary alicyclic amines) is 2. The van der Waals surface area contributed by atoms with Crippen molar-refractivity contribution in [2.45, 2.75) is 75.3 Å². The maximum Gasteiger partial charge on any atom is 0.233 e. The van der Waals surface area contributed by atoms with Gasteiger partial charge in [0, 0.05) is 38.3 Å². The van der Waals surface area contributed by atoms with Crippen molar-refractivity contribution in [3.8, 4) is 0 Å². The molecule has 2 amide bonds. The molecular formula is C32H44N4O2. The summed E-state index contributed by atoms with van der Waals surface area (Å²) in [5.41, 5.74) is 1.68. The molecule has 0 spiro atoms. The molecule has 0 saturated carbocycles. The zero-order chi connectivity index (χ0) is 26.6. The molecule has 4 aliphatic heterocycles. The molecule has 6 nitrogen and oxygen atoms in total. The van der Waals surface area contributed by atoms with Gasteiger partial charge in [0.05, 0.1) is 10.8 Å². The average molecular weight is 517 g/mol. The topological polar surface area (TPSA) is 64.7 Å². The van der Waals surface area contributed by atoms with Crippen LogP contribution in [-0.2, 0) is 20.4 Å². The monoisotopic (exact) mass is 516 g/mol. The minimum atomic E-state index is -0.321. The van der Waals surface area contributed by atoms with Crippen LogP contribution in [0, 0.1) is 0 Å². The molecule has 0 unspecified atom stereocenters. The van der Waals surface area contributed by atoms with E-state index in [0.29, 0.717) is 23.9 Å². The maximum atomic E-state index is 12.8. The number of hydrogen-bond donors (Lipinski definition) is 2. The Balaban J connectivity index is 0.000000155. The highest BCUT2D eigenvalue weighted by Crippen LogP contribution is 2.38. The van der Waals surface area contributed by atoms with E-state index >= 15 is 0 Å². The van der Waals surface area contributed by atoms with E-state index in [-0.39, 0.29) is 10.8 Å². The summed E-state index contributed by atoms with van der Waals surface area (Å²) in [6.45, 7) is 10.1. The van der Waals surface area contributed by atoms with Crippen LogP contribution in [0.5, 0.6) is 0 Å². The van der Waals surface area contributed by atoms with Crippen LogP contribution in [0.4, 0.5) is 0 Å². The first-order chi connectivity index (χ1) is 18.4. The number of piperidine rings is 2. The fraction of sp³-hybridized carbons (Fsp3) is 0.562. The van der Waals surface area contributed by atoms with Crippen molar-refractivity contribution in [2.24, 2.45) is 0 Å². The third kappa shape index (κ3) is 5.26. The van der Waals surface area contributed by atoms with Crippen molar-refractivity contribution in [1.82, 2.24) is 20.4 Å². The van der Waals surface area contributed by atoms with Crippen LogP contribution in [0.25, 0.3) is 0 Å². The molecule has 4 heterocycles. The second kappa shape index (κ2) is 11.6. The van der Waals surface area contributed by atoms with Crippen molar-refractivity contribution < 1.29 is 9.59 Å². The van der Waals surface area contributed by atoms with Crippen LogP contribution in [0.15, 0.2) is 60.7 Å². The fourth-order valence-electron chi connectivity index (χ4n) is 6.78. The number of benzene rings is 2. The molecule has 0 radical (unpaired) electrons. The molecular weight excluding hydrogens is 472 g/mol. The lowest BCUT2D eigenvalue weighted by molar-refractivity contribution is -0.135. The maximum absolute atomic E-state index is 12.8. The van der Waals surface area contributed by atoms with Crippen LogP contribution in [0.2, 0.25) is 0 Å². The number of hydrogen-bond acceptors (Lipinski definition) is 4. The summed E-state index contributed by atoms with van der Waals surface area (Å²) in [6.07, 6.45) is 6.51. The average Bonchev–Trinajstić information content (AvgIpc) is 3.47. The number of carbonyl (C=O) groups excluding carboxylic acids is 2. The standard InChI is InChI=1S/2C16H22N2O/c2*1-16(13-6-3-2-4-7-13)9-11-18(15(16)19)14-8-5-10-17-12-14/h2*2-4,6-7,14,17H,5,8-12H2,1H3/t2*14-,16-/m00/s1. The SMILES string of the molecule is C[C@@]1(c2ccccc2)CCN([C@H]2CCCNC2)C1=O.C[C@@]1(c2ccccc2)CCN([C@H]2CCCNC2)C1=O. The van der Waals surface area contributed by atoms with E-state index in [2.05, 4.69) is 58.5 Å². The van der Waals surface area contributed by atoms with Gasteiger partial charge in [-0.25, -0.2) is 0 Å². The summed E-state index contributed by atoms with van der Waals surface area (Å²) < 4.78 is 0. The van der Waals surface area contributed by atoms with E-state index < -0.39 is 0 Å². The van der Waals surface area contributed by atoms with Crippen LogP contribution in [-0.4, -0.2) is 73.0 Å². The molecule has 6 rings (SSSR count). The van der Waals surface area contributed by atoms with Gasteiger partial charge in [-0.2, -0.15) is 0 Å². The van der Waals surface area contributed by atoms with E-state index in [0.717, 1.165) is 76.1 Å². The summed E-state index contributed by atoms with van der Waals surface area (Å²) in [7, 11) is 0. The van der Waals surface area contributed by atoms with Crippen molar-refractivity contribution in [3.63, 3.8) is 0 Å². The normalized spacial score (nSPS) is 31.7. The highest BCUT2D eigenvalue weighted by molar-refractivity contribution is 5.90. The van der Waals surface area contributed by atoms with Gasteiger partial charge < -0.3 is 20.4 Å². The van der Waals surface area contributed by atoms with Gasteiger partial charge in [0.2, 0.25) is 11.8 Å². The highest BCUT2D eigenvalue weighted by atomic mass is 16.2. The van der Waals surface area contributed by atoms with E-state index in [1.807, 2.05) is 36.4 Å². The largest absolute Gasteiger partial charge is 0.338 e. The fourth-order valence-corrected chi connectivity index (χ4v) is 6.78. The predicted molar refractivity (Wildman–Crippen MR) is 152 cm³/mol. The number of nitrogens with one attached hydrogen (secondary N) is 2. The Bertz CT molecular complexity index is 994. The summed E-state index contributed by atoms with van der Waals surface area (Å²) in [5.74, 6) is 0.625. The summed E-state index contributed by atoms with van der Waals surface area (Å²) in [6, 6.07) is 21.2. The second-order valence-corrected chi connectivity index (χ2v) is 11.9. The Morgan fingerprint density at radius 1 is 0.658 bits per heavy atom. The van der Waals surface area contributed by atoms with E-state index in [1.165, 1.54) is 12.8 Å². The summed E-state index contributed by atoms with van der Waals surface area (Å²) in [5, 5.41) is 6.81. The van der Waals surface area contributed by atoms with Crippen LogP contribution in [0.3, 0.4) is 0 Å². The lowest BCUT2D eigenvalue weighted by Gasteiger charge is -2.33. The van der Waals surface area contributed by atoms with Crippen molar-refractivity contribution in [1.29, 1.82) is 0 Å². The van der Waals surface area contributed by atoms with Crippen LogP contribution < -0.4 is 10.6 Å². The molecule has 0 aliphatic carbocycles. The van der Waals surface area contributed by atoms with Gasteiger partial charge >= 0.3 is 0 Å². The molecule has 4 aliphatic rings. The number of amides is 2. The molecule has 4 atom stereocenters. The number of rotatable bonds is 4. The number of carbonyl (C=O) groups is 2. The molecule has 6 heteroatoms. The molecule has 4 saturated heterocycles. The smallest absolute Gasteiger partial charge is 0.233 e. The lowest BCUT2D eigenvalue weighted by Crippen LogP contribution is -2.48. The summed E-state index contributed by atoms with van der Waals surface area (Å²) in [4.78, 5) is 29.9. The molecule has 2 aromatic rings. The Morgan fingerprint density at radius 3 is 1.39 bits per heavy atom. The third-order valence-electron chi connectivity index (χ3n) is 9.42. The quantitative estimate of drug-likeness (QED) is 0.648. The second-order valence-electron chi connectivity index (χ2n) is 11.9. The van der Waals surface area contributed by atoms with E-state index in [9.17, 15) is 9.59 Å². The first kappa shape index (κ1) is 26.9. The van der Waals surface area contributed by atoms with Crippen molar-refractivity contribution >= 4 is 11.8 Å². The highest BCUT2D eigenvalue weighted by Gasteiger charge is 2.47. The van der Waals surface area contributed by atoms with Gasteiger partial charge in [-0.3, -0.25) is 9.59 Å². The Hall–Kier alpha value is -2.70. The zero-order valence-electron chi connectivity index (χ0n) is 23.1. The van der Waals surface area contributed by atoms with Gasteiger partial charge in [0.25, 0.3) is 0 Å². The van der Waals surface area contributed by atoms with Gasteiger partial charge in [0.15, 0.2) is 0 Å². The van der Waals surface area contributed by atoms with Crippen molar-refractivity contribution in [3.05, 3.63) is 71.8 Å². The minimum Gasteiger partial charge on any atom is -0.338 e. The first-order valence-electron chi connectivity index (χ1n) is 14.6. The molecule has 204 valence electrons. The zero-order valence-corrected chi connectivity index (χ0v) is 23.1. The molecule has 2 N–H and O–H groups in total. The van der Waals surface area contributed by atoms with Crippen LogP contribution in [0.1, 0.15) is 63.5 Å². The molecule has 0 bridgehead atoms. The summed E-state index contributed by atoms with van der Waals surface area (Å²) >= 11 is 0. The Morgan fingerprint density at radius 2 is 1.05 bits per heavy atom. The molecule has 4 fully saturated rings.